The summed E-state index contributed by atoms with van der Waals surface area (Å²) < 4.78 is 10.7. The summed E-state index contributed by atoms with van der Waals surface area (Å²) in [6.07, 6.45) is 5.13. The highest BCUT2D eigenvalue weighted by atomic mass is 16.5. The number of nitrogens with one attached hydrogen (secondary N) is 3. The second kappa shape index (κ2) is 9.47. The average Bonchev–Trinajstić information content (AvgIpc) is 3.57. The van der Waals surface area contributed by atoms with Crippen molar-refractivity contribution in [1.29, 1.82) is 0 Å². The first-order valence-electron chi connectivity index (χ1n) is 11.5. The predicted molar refractivity (Wildman–Crippen MR) is 135 cm³/mol. The van der Waals surface area contributed by atoms with E-state index in [1.54, 1.807) is 30.7 Å². The van der Waals surface area contributed by atoms with Crippen LogP contribution in [0.15, 0.2) is 71.6 Å². The molecular formula is C25H22N8O3. The van der Waals surface area contributed by atoms with Crippen LogP contribution in [0.4, 0.5) is 22.2 Å². The molecule has 0 radical (unpaired) electrons. The summed E-state index contributed by atoms with van der Waals surface area (Å²) in [5.74, 6) is 1.82. The summed E-state index contributed by atoms with van der Waals surface area (Å²) in [7, 11) is 0. The van der Waals surface area contributed by atoms with Crippen molar-refractivity contribution in [2.24, 2.45) is 0 Å². The lowest BCUT2D eigenvalue weighted by Crippen LogP contribution is -2.36. The Morgan fingerprint density at radius 1 is 1.00 bits per heavy atom. The number of rotatable bonds is 5. The molecule has 0 atom stereocenters. The summed E-state index contributed by atoms with van der Waals surface area (Å²) in [5.41, 5.74) is 4.63. The van der Waals surface area contributed by atoms with Gasteiger partial charge in [0.1, 0.15) is 17.0 Å². The zero-order valence-electron chi connectivity index (χ0n) is 19.1. The van der Waals surface area contributed by atoms with E-state index in [1.165, 1.54) is 0 Å². The summed E-state index contributed by atoms with van der Waals surface area (Å²) in [5, 5.41) is 9.39. The smallest absolute Gasteiger partial charge is 0.326 e. The SMILES string of the molecule is O=C(Nc1ccc(-c2nc3c(N4CCOCC4)nccc3[nH]2)cc1)Nc1cc(-c2cccnc2)no1. The Morgan fingerprint density at radius 3 is 2.67 bits per heavy atom. The number of ether oxygens (including phenoxy) is 1. The second-order valence-electron chi connectivity index (χ2n) is 8.19. The fraction of sp³-hybridized carbons (Fsp3) is 0.160. The number of carbonyl (C=O) groups is 1. The van der Waals surface area contributed by atoms with Crippen LogP contribution in [-0.2, 0) is 4.74 Å². The Labute approximate surface area is 205 Å². The maximum absolute atomic E-state index is 12.4. The molecule has 1 aliphatic heterocycles. The predicted octanol–water partition coefficient (Wildman–Crippen LogP) is 4.16. The monoisotopic (exact) mass is 482 g/mol. The number of hydrogen-bond acceptors (Lipinski definition) is 8. The van der Waals surface area contributed by atoms with E-state index >= 15 is 0 Å². The molecule has 1 saturated heterocycles. The van der Waals surface area contributed by atoms with Gasteiger partial charge in [-0.2, -0.15) is 0 Å². The Hall–Kier alpha value is -4.77. The molecular weight excluding hydrogens is 460 g/mol. The van der Waals surface area contributed by atoms with E-state index in [9.17, 15) is 4.79 Å². The standard InChI is InChI=1S/C25H22N8O3/c34-25(30-21-14-20(32-36-21)17-2-1-8-26-15-17)28-18-5-3-16(4-6-18)23-29-19-7-9-27-24(22(19)31-23)33-10-12-35-13-11-33/h1-9,14-15H,10-13H2,(H,29,31)(H2,28,30,34). The molecule has 1 aliphatic rings. The molecule has 0 spiro atoms. The Kier molecular flexibility index (Phi) is 5.72. The van der Waals surface area contributed by atoms with Crippen molar-refractivity contribution in [3.63, 3.8) is 0 Å². The van der Waals surface area contributed by atoms with Crippen molar-refractivity contribution in [2.75, 3.05) is 41.8 Å². The van der Waals surface area contributed by atoms with Gasteiger partial charge in [-0.15, -0.1) is 0 Å². The van der Waals surface area contributed by atoms with Gasteiger partial charge in [0.2, 0.25) is 5.88 Å². The third kappa shape index (κ3) is 4.46. The van der Waals surface area contributed by atoms with Gasteiger partial charge in [-0.05, 0) is 42.5 Å². The highest BCUT2D eigenvalue weighted by Gasteiger charge is 2.18. The van der Waals surface area contributed by atoms with E-state index in [2.05, 4.69) is 35.6 Å². The van der Waals surface area contributed by atoms with Crippen LogP contribution in [0.25, 0.3) is 33.7 Å². The molecule has 2 amide bonds. The lowest BCUT2D eigenvalue weighted by Gasteiger charge is -2.27. The van der Waals surface area contributed by atoms with Crippen molar-refractivity contribution >= 4 is 34.5 Å². The number of hydrogen-bond donors (Lipinski definition) is 3. The van der Waals surface area contributed by atoms with E-state index in [4.69, 9.17) is 14.2 Å². The van der Waals surface area contributed by atoms with Gasteiger partial charge in [-0.3, -0.25) is 10.3 Å². The Bertz CT molecular complexity index is 1490. The van der Waals surface area contributed by atoms with Crippen molar-refractivity contribution < 1.29 is 14.1 Å². The number of H-pyrrole nitrogens is 1. The zero-order chi connectivity index (χ0) is 24.3. The summed E-state index contributed by atoms with van der Waals surface area (Å²) in [6.45, 7) is 2.93. The minimum atomic E-state index is -0.443. The van der Waals surface area contributed by atoms with Crippen LogP contribution < -0.4 is 15.5 Å². The van der Waals surface area contributed by atoms with Gasteiger partial charge in [-0.1, -0.05) is 5.16 Å². The number of morpholine rings is 1. The number of anilines is 3. The maximum Gasteiger partial charge on any atom is 0.326 e. The molecule has 1 aromatic carbocycles. The van der Waals surface area contributed by atoms with Gasteiger partial charge in [0.25, 0.3) is 0 Å². The lowest BCUT2D eigenvalue weighted by atomic mass is 10.2. The normalized spacial score (nSPS) is 13.6. The molecule has 1 fully saturated rings. The molecule has 36 heavy (non-hydrogen) atoms. The molecule has 5 heterocycles. The number of imidazole rings is 1. The first-order chi connectivity index (χ1) is 17.7. The van der Waals surface area contributed by atoms with E-state index < -0.39 is 6.03 Å². The third-order valence-electron chi connectivity index (χ3n) is 5.81. The molecule has 0 unspecified atom stereocenters. The van der Waals surface area contributed by atoms with Crippen molar-refractivity contribution in [3.05, 3.63) is 67.1 Å². The van der Waals surface area contributed by atoms with Gasteiger partial charge < -0.3 is 24.5 Å². The fourth-order valence-electron chi connectivity index (χ4n) is 4.03. The summed E-state index contributed by atoms with van der Waals surface area (Å²) in [6, 6.07) is 14.2. The molecule has 4 aromatic heterocycles. The van der Waals surface area contributed by atoms with Crippen LogP contribution in [0.2, 0.25) is 0 Å². The minimum Gasteiger partial charge on any atom is -0.378 e. The number of benzene rings is 1. The van der Waals surface area contributed by atoms with E-state index in [1.807, 2.05) is 36.4 Å². The number of fused-ring (bicyclic) bond motifs is 1. The highest BCUT2D eigenvalue weighted by Crippen LogP contribution is 2.28. The van der Waals surface area contributed by atoms with Gasteiger partial charge >= 0.3 is 6.03 Å². The average molecular weight is 483 g/mol. The molecule has 11 heteroatoms. The number of urea groups is 1. The molecule has 5 aromatic rings. The molecule has 11 nitrogen and oxygen atoms in total. The van der Waals surface area contributed by atoms with Gasteiger partial charge in [0.15, 0.2) is 5.82 Å². The van der Waals surface area contributed by atoms with Crippen LogP contribution in [0.5, 0.6) is 0 Å². The van der Waals surface area contributed by atoms with Crippen LogP contribution in [-0.4, -0.2) is 57.4 Å². The molecule has 0 bridgehead atoms. The quantitative estimate of drug-likeness (QED) is 0.340. The van der Waals surface area contributed by atoms with E-state index in [-0.39, 0.29) is 5.88 Å². The zero-order valence-corrected chi connectivity index (χ0v) is 19.1. The molecule has 0 aliphatic carbocycles. The van der Waals surface area contributed by atoms with Crippen molar-refractivity contribution in [1.82, 2.24) is 25.1 Å². The first-order valence-corrected chi connectivity index (χ1v) is 11.5. The van der Waals surface area contributed by atoms with Crippen molar-refractivity contribution in [2.45, 2.75) is 0 Å². The van der Waals surface area contributed by atoms with Crippen LogP contribution in [0.3, 0.4) is 0 Å². The van der Waals surface area contributed by atoms with Gasteiger partial charge in [-0.25, -0.2) is 14.8 Å². The van der Waals surface area contributed by atoms with Crippen LogP contribution in [0, 0.1) is 0 Å². The van der Waals surface area contributed by atoms with Crippen LogP contribution in [0.1, 0.15) is 0 Å². The second-order valence-corrected chi connectivity index (χ2v) is 8.19. The van der Waals surface area contributed by atoms with Crippen molar-refractivity contribution in [3.8, 4) is 22.6 Å². The van der Waals surface area contributed by atoms with Crippen LogP contribution >= 0.6 is 0 Å². The van der Waals surface area contributed by atoms with E-state index in [0.717, 1.165) is 46.9 Å². The largest absolute Gasteiger partial charge is 0.378 e. The molecule has 6 rings (SSSR count). The number of carbonyl (C=O) groups excluding carboxylic acids is 1. The number of aromatic amines is 1. The molecule has 3 N–H and O–H groups in total. The molecule has 0 saturated carbocycles. The first kappa shape index (κ1) is 21.7. The van der Waals surface area contributed by atoms with E-state index in [0.29, 0.717) is 24.6 Å². The lowest BCUT2D eigenvalue weighted by molar-refractivity contribution is 0.122. The Morgan fingerprint density at radius 2 is 1.86 bits per heavy atom. The summed E-state index contributed by atoms with van der Waals surface area (Å²) in [4.78, 5) is 31.4. The molecule has 180 valence electrons. The highest BCUT2D eigenvalue weighted by molar-refractivity contribution is 5.99. The van der Waals surface area contributed by atoms with Gasteiger partial charge in [0.05, 0.1) is 18.7 Å². The topological polar surface area (TPSA) is 134 Å². The number of pyridine rings is 2. The Balaban J connectivity index is 1.14. The summed E-state index contributed by atoms with van der Waals surface area (Å²) >= 11 is 0. The maximum atomic E-state index is 12.4. The number of nitrogens with zero attached hydrogens (tertiary/aromatic N) is 5. The fourth-order valence-corrected chi connectivity index (χ4v) is 4.03. The number of amides is 2. The number of aromatic nitrogens is 5. The third-order valence-corrected chi connectivity index (χ3v) is 5.81. The van der Waals surface area contributed by atoms with Gasteiger partial charge in [0, 0.05) is 54.6 Å². The minimum absolute atomic E-state index is 0.231.